The van der Waals surface area contributed by atoms with Crippen molar-refractivity contribution in [2.45, 2.75) is 0 Å². The minimum absolute atomic E-state index is 0.0180. The van der Waals surface area contributed by atoms with Gasteiger partial charge < -0.3 is 4.74 Å². The number of halogens is 1. The number of H-pyrrole nitrogens is 1. The van der Waals surface area contributed by atoms with E-state index in [-0.39, 0.29) is 22.3 Å². The highest BCUT2D eigenvalue weighted by atomic mass is 35.5. The van der Waals surface area contributed by atoms with E-state index in [1.165, 1.54) is 7.11 Å². The standard InChI is InChI=1S/C21H13ClN4O3/c1-29-21(28)17-16(12-7-9-14(22)10-8-12)15(11-23)20(27)26-19(17)24-18(25-26)13-5-3-2-4-6-13/h2-10H,1H3,(H,24,25). The fourth-order valence-corrected chi connectivity index (χ4v) is 3.27. The van der Waals surface area contributed by atoms with Crippen LogP contribution in [0.4, 0.5) is 0 Å². The smallest absolute Gasteiger partial charge is 0.342 e. The molecule has 2 aromatic carbocycles. The summed E-state index contributed by atoms with van der Waals surface area (Å²) in [5.41, 5.74) is 0.637. The van der Waals surface area contributed by atoms with Gasteiger partial charge in [0.25, 0.3) is 5.56 Å². The molecule has 0 saturated heterocycles. The van der Waals surface area contributed by atoms with Crippen LogP contribution in [-0.2, 0) is 4.74 Å². The molecule has 0 fully saturated rings. The summed E-state index contributed by atoms with van der Waals surface area (Å²) in [5, 5.41) is 13.1. The number of fused-ring (bicyclic) bond motifs is 1. The van der Waals surface area contributed by atoms with Crippen molar-refractivity contribution in [1.82, 2.24) is 14.6 Å². The quantitative estimate of drug-likeness (QED) is 0.525. The minimum Gasteiger partial charge on any atom is -0.465 e. The molecule has 0 aliphatic carbocycles. The van der Waals surface area contributed by atoms with Crippen molar-refractivity contribution in [3.05, 3.63) is 81.1 Å². The largest absolute Gasteiger partial charge is 0.465 e. The lowest BCUT2D eigenvalue weighted by Gasteiger charge is -2.11. The number of hydrogen-bond acceptors (Lipinski definition) is 5. The fourth-order valence-electron chi connectivity index (χ4n) is 3.14. The van der Waals surface area contributed by atoms with Crippen LogP contribution in [0.15, 0.2) is 59.4 Å². The van der Waals surface area contributed by atoms with Crippen LogP contribution in [0.3, 0.4) is 0 Å². The summed E-state index contributed by atoms with van der Waals surface area (Å²) >= 11 is 5.96. The van der Waals surface area contributed by atoms with Gasteiger partial charge in [0, 0.05) is 16.1 Å². The zero-order valence-electron chi connectivity index (χ0n) is 15.1. The molecule has 0 atom stereocenters. The van der Waals surface area contributed by atoms with Gasteiger partial charge in [0.05, 0.1) is 7.11 Å². The number of methoxy groups -OCH3 is 1. The average molecular weight is 405 g/mol. The van der Waals surface area contributed by atoms with Crippen LogP contribution in [0.5, 0.6) is 0 Å². The van der Waals surface area contributed by atoms with E-state index in [2.05, 4.69) is 10.1 Å². The third-order valence-corrected chi connectivity index (χ3v) is 4.72. The number of aromatic nitrogens is 3. The monoisotopic (exact) mass is 404 g/mol. The van der Waals surface area contributed by atoms with E-state index >= 15 is 0 Å². The maximum Gasteiger partial charge on any atom is 0.342 e. The molecule has 4 aromatic rings. The summed E-state index contributed by atoms with van der Waals surface area (Å²) in [6, 6.07) is 17.5. The Morgan fingerprint density at radius 3 is 2.45 bits per heavy atom. The number of aromatic amines is 1. The Balaban J connectivity index is 2.14. The van der Waals surface area contributed by atoms with Crippen molar-refractivity contribution in [3.8, 4) is 28.6 Å². The number of hydrogen-bond donors (Lipinski definition) is 1. The summed E-state index contributed by atoms with van der Waals surface area (Å²) < 4.78 is 6.03. The fraction of sp³-hybridized carbons (Fsp3) is 0.0476. The number of carbonyl (C=O) groups excluding carboxylic acids is 1. The van der Waals surface area contributed by atoms with E-state index in [0.717, 1.165) is 10.1 Å². The van der Waals surface area contributed by atoms with Crippen LogP contribution in [0.2, 0.25) is 5.02 Å². The average Bonchev–Trinajstić information content (AvgIpc) is 3.20. The Hall–Kier alpha value is -3.89. The lowest BCUT2D eigenvalue weighted by Crippen LogP contribution is -2.22. The van der Waals surface area contributed by atoms with Crippen LogP contribution >= 0.6 is 11.6 Å². The van der Waals surface area contributed by atoms with Gasteiger partial charge in [0.2, 0.25) is 0 Å². The number of nitrogens with zero attached hydrogens (tertiary/aromatic N) is 3. The highest BCUT2D eigenvalue weighted by Crippen LogP contribution is 2.30. The lowest BCUT2D eigenvalue weighted by atomic mass is 9.96. The predicted molar refractivity (Wildman–Crippen MR) is 108 cm³/mol. The van der Waals surface area contributed by atoms with Crippen molar-refractivity contribution in [2.24, 2.45) is 0 Å². The predicted octanol–water partition coefficient (Wildman–Crippen LogP) is 3.67. The molecule has 0 aliphatic rings. The SMILES string of the molecule is COC(=O)c1c(-c2ccc(Cl)cc2)c(C#N)c(=O)n2[nH]c(-c3ccccc3)nc12. The van der Waals surface area contributed by atoms with Gasteiger partial charge in [0.15, 0.2) is 11.5 Å². The van der Waals surface area contributed by atoms with Gasteiger partial charge in [-0.15, -0.1) is 0 Å². The second kappa shape index (κ2) is 7.26. The summed E-state index contributed by atoms with van der Waals surface area (Å²) in [5.74, 6) is -0.333. The van der Waals surface area contributed by atoms with Gasteiger partial charge in [-0.3, -0.25) is 9.89 Å². The summed E-state index contributed by atoms with van der Waals surface area (Å²) in [7, 11) is 1.23. The summed E-state index contributed by atoms with van der Waals surface area (Å²) in [6.45, 7) is 0. The van der Waals surface area contributed by atoms with Gasteiger partial charge in [-0.2, -0.15) is 9.78 Å². The maximum absolute atomic E-state index is 13.0. The molecule has 142 valence electrons. The Kier molecular flexibility index (Phi) is 4.63. The highest BCUT2D eigenvalue weighted by molar-refractivity contribution is 6.30. The first-order valence-electron chi connectivity index (χ1n) is 8.53. The summed E-state index contributed by atoms with van der Waals surface area (Å²) in [6.07, 6.45) is 0. The number of benzene rings is 2. The summed E-state index contributed by atoms with van der Waals surface area (Å²) in [4.78, 5) is 30.2. The topological polar surface area (TPSA) is 100 Å². The van der Waals surface area contributed by atoms with Crippen LogP contribution in [0.1, 0.15) is 15.9 Å². The zero-order valence-corrected chi connectivity index (χ0v) is 15.9. The molecule has 0 saturated carbocycles. The number of nitrogens with one attached hydrogen (secondary N) is 1. The van der Waals surface area contributed by atoms with E-state index in [4.69, 9.17) is 16.3 Å². The number of rotatable bonds is 3. The number of nitriles is 1. The van der Waals surface area contributed by atoms with Crippen LogP contribution in [0.25, 0.3) is 28.2 Å². The van der Waals surface area contributed by atoms with Crippen LogP contribution < -0.4 is 5.56 Å². The molecule has 8 heteroatoms. The molecule has 4 rings (SSSR count). The molecule has 7 nitrogen and oxygen atoms in total. The van der Waals surface area contributed by atoms with Crippen molar-refractivity contribution in [3.63, 3.8) is 0 Å². The molecular formula is C21H13ClN4O3. The molecule has 0 unspecified atom stereocenters. The van der Waals surface area contributed by atoms with E-state index in [0.29, 0.717) is 16.4 Å². The Morgan fingerprint density at radius 2 is 1.83 bits per heavy atom. The molecule has 0 bridgehead atoms. The van der Waals surface area contributed by atoms with Crippen molar-refractivity contribution >= 4 is 23.2 Å². The first-order chi connectivity index (χ1) is 14.0. The number of esters is 1. The minimum atomic E-state index is -0.713. The second-order valence-corrected chi connectivity index (χ2v) is 6.57. The van der Waals surface area contributed by atoms with Crippen LogP contribution in [-0.4, -0.2) is 27.7 Å². The van der Waals surface area contributed by atoms with Gasteiger partial charge in [0.1, 0.15) is 17.2 Å². The van der Waals surface area contributed by atoms with Gasteiger partial charge in [-0.25, -0.2) is 9.78 Å². The van der Waals surface area contributed by atoms with Gasteiger partial charge >= 0.3 is 5.97 Å². The van der Waals surface area contributed by atoms with E-state index in [1.807, 2.05) is 36.4 Å². The Bertz CT molecular complexity index is 1330. The van der Waals surface area contributed by atoms with Crippen LogP contribution in [0, 0.1) is 11.3 Å². The Morgan fingerprint density at radius 1 is 1.14 bits per heavy atom. The van der Waals surface area contributed by atoms with E-state index < -0.39 is 11.5 Å². The zero-order chi connectivity index (χ0) is 20.5. The molecule has 0 aliphatic heterocycles. The number of ether oxygens (including phenoxy) is 1. The molecule has 0 radical (unpaired) electrons. The first-order valence-corrected chi connectivity index (χ1v) is 8.91. The molecule has 2 aromatic heterocycles. The molecule has 0 spiro atoms. The first kappa shape index (κ1) is 18.5. The normalized spacial score (nSPS) is 10.7. The number of carbonyl (C=O) groups is 1. The maximum atomic E-state index is 13.0. The van der Waals surface area contributed by atoms with E-state index in [9.17, 15) is 14.9 Å². The van der Waals surface area contributed by atoms with E-state index in [1.54, 1.807) is 24.3 Å². The van der Waals surface area contributed by atoms with Crippen molar-refractivity contribution < 1.29 is 9.53 Å². The van der Waals surface area contributed by atoms with Gasteiger partial charge in [-0.05, 0) is 17.7 Å². The lowest BCUT2D eigenvalue weighted by molar-refractivity contribution is 0.0603. The molecule has 2 heterocycles. The number of pyridine rings is 1. The molecule has 0 amide bonds. The third-order valence-electron chi connectivity index (χ3n) is 4.47. The molecule has 1 N–H and O–H groups in total. The van der Waals surface area contributed by atoms with Crippen molar-refractivity contribution in [1.29, 1.82) is 5.26 Å². The Labute approximate surface area is 169 Å². The van der Waals surface area contributed by atoms with Gasteiger partial charge in [-0.1, -0.05) is 54.1 Å². The van der Waals surface area contributed by atoms with Crippen molar-refractivity contribution in [2.75, 3.05) is 7.11 Å². The third kappa shape index (κ3) is 3.06. The molecular weight excluding hydrogens is 392 g/mol. The highest BCUT2D eigenvalue weighted by Gasteiger charge is 2.27. The molecule has 29 heavy (non-hydrogen) atoms. The second-order valence-electron chi connectivity index (χ2n) is 6.14.